The summed E-state index contributed by atoms with van der Waals surface area (Å²) in [6, 6.07) is 16.9. The zero-order chi connectivity index (χ0) is 20.6. The van der Waals surface area contributed by atoms with Gasteiger partial charge in [-0.1, -0.05) is 60.2 Å². The minimum atomic E-state index is -0.393. The fraction of sp³-hybridized carbons (Fsp3) is 0.273. The lowest BCUT2D eigenvalue weighted by molar-refractivity contribution is -0.123. The van der Waals surface area contributed by atoms with Crippen molar-refractivity contribution in [2.75, 3.05) is 0 Å². The van der Waals surface area contributed by atoms with Crippen molar-refractivity contribution in [3.63, 3.8) is 0 Å². The number of carbonyl (C=O) groups is 2. The fourth-order valence-electron chi connectivity index (χ4n) is 3.17. The third kappa shape index (κ3) is 6.00. The molecule has 0 aliphatic rings. The van der Waals surface area contributed by atoms with Crippen molar-refractivity contribution in [2.45, 2.75) is 38.9 Å². The molecule has 150 valence electrons. The number of benzene rings is 2. The molecule has 0 bridgehead atoms. The van der Waals surface area contributed by atoms with E-state index >= 15 is 0 Å². The number of nitrogens with one attached hydrogen (secondary N) is 2. The standard InChI is InChI=1S/C22H25N5O2/c1-16-8-10-19(11-9-16)20(25-17(2)28)12-22(29)26-21(13-27-15-23-14-24-27)18-6-4-3-5-7-18/h3-11,14-15,20-21H,12-13H2,1-2H3,(H,25,28)(H,26,29). The molecule has 1 heterocycles. The van der Waals surface area contributed by atoms with E-state index in [1.165, 1.54) is 13.3 Å². The zero-order valence-corrected chi connectivity index (χ0v) is 16.6. The highest BCUT2D eigenvalue weighted by atomic mass is 16.2. The van der Waals surface area contributed by atoms with Crippen molar-refractivity contribution in [1.82, 2.24) is 25.4 Å². The highest BCUT2D eigenvalue weighted by molar-refractivity contribution is 5.79. The predicted octanol–water partition coefficient (Wildman–Crippen LogP) is 2.71. The van der Waals surface area contributed by atoms with Gasteiger partial charge in [0, 0.05) is 6.92 Å². The van der Waals surface area contributed by atoms with Gasteiger partial charge in [-0.15, -0.1) is 0 Å². The van der Waals surface area contributed by atoms with E-state index in [1.54, 1.807) is 11.0 Å². The number of nitrogens with zero attached hydrogens (tertiary/aromatic N) is 3. The number of aryl methyl sites for hydroxylation is 1. The summed E-state index contributed by atoms with van der Waals surface area (Å²) in [5.41, 5.74) is 2.99. The Morgan fingerprint density at radius 1 is 0.966 bits per heavy atom. The molecule has 0 aliphatic heterocycles. The van der Waals surface area contributed by atoms with Crippen LogP contribution in [0.25, 0.3) is 0 Å². The van der Waals surface area contributed by atoms with Crippen LogP contribution in [0.2, 0.25) is 0 Å². The summed E-state index contributed by atoms with van der Waals surface area (Å²) in [4.78, 5) is 28.5. The summed E-state index contributed by atoms with van der Waals surface area (Å²) >= 11 is 0. The van der Waals surface area contributed by atoms with Crippen LogP contribution in [-0.2, 0) is 16.1 Å². The molecule has 2 atom stereocenters. The SMILES string of the molecule is CC(=O)NC(CC(=O)NC(Cn1cncn1)c1ccccc1)c1ccc(C)cc1. The van der Waals surface area contributed by atoms with Crippen LogP contribution < -0.4 is 10.6 Å². The second-order valence-electron chi connectivity index (χ2n) is 7.02. The molecule has 1 aromatic heterocycles. The Labute approximate surface area is 170 Å². The molecule has 0 aliphatic carbocycles. The molecule has 0 fully saturated rings. The monoisotopic (exact) mass is 391 g/mol. The summed E-state index contributed by atoms with van der Waals surface area (Å²) in [7, 11) is 0. The molecule has 0 saturated heterocycles. The summed E-state index contributed by atoms with van der Waals surface area (Å²) < 4.78 is 1.68. The van der Waals surface area contributed by atoms with Crippen molar-refractivity contribution in [3.05, 3.63) is 83.9 Å². The van der Waals surface area contributed by atoms with Crippen molar-refractivity contribution >= 4 is 11.8 Å². The molecule has 2 N–H and O–H groups in total. The predicted molar refractivity (Wildman–Crippen MR) is 110 cm³/mol. The highest BCUT2D eigenvalue weighted by Crippen LogP contribution is 2.20. The minimum absolute atomic E-state index is 0.142. The van der Waals surface area contributed by atoms with E-state index in [0.29, 0.717) is 6.54 Å². The van der Waals surface area contributed by atoms with Gasteiger partial charge in [0.15, 0.2) is 0 Å². The van der Waals surface area contributed by atoms with E-state index in [0.717, 1.165) is 16.7 Å². The van der Waals surface area contributed by atoms with Gasteiger partial charge in [0.25, 0.3) is 0 Å². The molecule has 2 unspecified atom stereocenters. The molecule has 3 aromatic rings. The van der Waals surface area contributed by atoms with Crippen LogP contribution in [0.5, 0.6) is 0 Å². The lowest BCUT2D eigenvalue weighted by Crippen LogP contribution is -2.36. The number of carbonyl (C=O) groups excluding carboxylic acids is 2. The first-order valence-electron chi connectivity index (χ1n) is 9.51. The second-order valence-corrected chi connectivity index (χ2v) is 7.02. The zero-order valence-electron chi connectivity index (χ0n) is 16.6. The number of rotatable bonds is 8. The van der Waals surface area contributed by atoms with E-state index in [2.05, 4.69) is 20.7 Å². The van der Waals surface area contributed by atoms with Gasteiger partial charge in [-0.3, -0.25) is 14.3 Å². The Morgan fingerprint density at radius 3 is 2.28 bits per heavy atom. The van der Waals surface area contributed by atoms with Gasteiger partial charge in [-0.2, -0.15) is 5.10 Å². The lowest BCUT2D eigenvalue weighted by atomic mass is 10.0. The van der Waals surface area contributed by atoms with Gasteiger partial charge >= 0.3 is 0 Å². The van der Waals surface area contributed by atoms with E-state index < -0.39 is 6.04 Å². The lowest BCUT2D eigenvalue weighted by Gasteiger charge is -2.22. The largest absolute Gasteiger partial charge is 0.349 e. The normalized spacial score (nSPS) is 12.8. The van der Waals surface area contributed by atoms with Crippen molar-refractivity contribution < 1.29 is 9.59 Å². The van der Waals surface area contributed by atoms with Crippen molar-refractivity contribution in [1.29, 1.82) is 0 Å². The smallest absolute Gasteiger partial charge is 0.222 e. The van der Waals surface area contributed by atoms with Crippen molar-refractivity contribution in [2.24, 2.45) is 0 Å². The summed E-state index contributed by atoms with van der Waals surface area (Å²) in [6.45, 7) is 3.92. The Kier molecular flexibility index (Phi) is 6.73. The van der Waals surface area contributed by atoms with Crippen LogP contribution in [0.3, 0.4) is 0 Å². The van der Waals surface area contributed by atoms with Crippen LogP contribution >= 0.6 is 0 Å². The molecule has 29 heavy (non-hydrogen) atoms. The summed E-state index contributed by atoms with van der Waals surface area (Å²) in [5.74, 6) is -0.330. The molecule has 3 rings (SSSR count). The van der Waals surface area contributed by atoms with Gasteiger partial charge < -0.3 is 10.6 Å². The van der Waals surface area contributed by atoms with Gasteiger partial charge in [0.1, 0.15) is 12.7 Å². The molecule has 0 radical (unpaired) electrons. The van der Waals surface area contributed by atoms with Crippen LogP contribution in [0.15, 0.2) is 67.3 Å². The number of aromatic nitrogens is 3. The van der Waals surface area contributed by atoms with Crippen LogP contribution in [0.1, 0.15) is 42.1 Å². The van der Waals surface area contributed by atoms with Gasteiger partial charge in [0.05, 0.1) is 25.0 Å². The van der Waals surface area contributed by atoms with E-state index in [1.807, 2.05) is 61.5 Å². The average molecular weight is 391 g/mol. The summed E-state index contributed by atoms with van der Waals surface area (Å²) in [5, 5.41) is 10.1. The topological polar surface area (TPSA) is 88.9 Å². The molecule has 2 aromatic carbocycles. The molecule has 7 nitrogen and oxygen atoms in total. The van der Waals surface area contributed by atoms with Gasteiger partial charge in [0.2, 0.25) is 11.8 Å². The minimum Gasteiger partial charge on any atom is -0.349 e. The van der Waals surface area contributed by atoms with Crippen molar-refractivity contribution in [3.8, 4) is 0 Å². The molecular formula is C22H25N5O2. The molecule has 2 amide bonds. The highest BCUT2D eigenvalue weighted by Gasteiger charge is 2.21. The number of hydrogen-bond acceptors (Lipinski definition) is 4. The maximum absolute atomic E-state index is 12.9. The Morgan fingerprint density at radius 2 is 1.66 bits per heavy atom. The Bertz CT molecular complexity index is 924. The third-order valence-electron chi connectivity index (χ3n) is 4.62. The quantitative estimate of drug-likeness (QED) is 0.618. The number of hydrogen-bond donors (Lipinski definition) is 2. The molecule has 0 saturated carbocycles. The van der Waals surface area contributed by atoms with Crippen LogP contribution in [0, 0.1) is 6.92 Å². The molecule has 7 heteroatoms. The van der Waals surface area contributed by atoms with Crippen LogP contribution in [-0.4, -0.2) is 26.6 Å². The first-order valence-corrected chi connectivity index (χ1v) is 9.51. The van der Waals surface area contributed by atoms with E-state index in [9.17, 15) is 9.59 Å². The maximum atomic E-state index is 12.9. The van der Waals surface area contributed by atoms with E-state index in [-0.39, 0.29) is 24.3 Å². The van der Waals surface area contributed by atoms with E-state index in [4.69, 9.17) is 0 Å². The third-order valence-corrected chi connectivity index (χ3v) is 4.62. The van der Waals surface area contributed by atoms with Gasteiger partial charge in [-0.25, -0.2) is 4.98 Å². The Hall–Kier alpha value is -3.48. The maximum Gasteiger partial charge on any atom is 0.222 e. The first kappa shape index (κ1) is 20.3. The molecule has 0 spiro atoms. The van der Waals surface area contributed by atoms with Crippen LogP contribution in [0.4, 0.5) is 0 Å². The molecular weight excluding hydrogens is 366 g/mol. The average Bonchev–Trinajstić information content (AvgIpc) is 3.21. The number of amides is 2. The van der Waals surface area contributed by atoms with Gasteiger partial charge in [-0.05, 0) is 18.1 Å². The second kappa shape index (κ2) is 9.64. The fourth-order valence-corrected chi connectivity index (χ4v) is 3.17. The summed E-state index contributed by atoms with van der Waals surface area (Å²) in [6.07, 6.45) is 3.23. The Balaban J connectivity index is 1.74. The first-order chi connectivity index (χ1) is 14.0.